The van der Waals surface area contributed by atoms with Gasteiger partial charge in [0.15, 0.2) is 5.96 Å². The van der Waals surface area contributed by atoms with Gasteiger partial charge in [-0.25, -0.2) is 8.42 Å². The lowest BCUT2D eigenvalue weighted by atomic mass is 10.3. The molecule has 1 rings (SSSR count). The quantitative estimate of drug-likeness (QED) is 0.521. The van der Waals surface area contributed by atoms with Crippen LogP contribution >= 0.6 is 11.3 Å². The maximum Gasteiger partial charge on any atom is 0.252 e. The molecule has 8 heteroatoms. The zero-order valence-corrected chi connectivity index (χ0v) is 16.1. The molecular weight excluding hydrogens is 332 g/mol. The summed E-state index contributed by atoms with van der Waals surface area (Å²) in [5.41, 5.74) is 0. The van der Waals surface area contributed by atoms with E-state index >= 15 is 0 Å². The van der Waals surface area contributed by atoms with Crippen LogP contribution in [0.15, 0.2) is 21.3 Å². The van der Waals surface area contributed by atoms with Crippen molar-refractivity contribution in [2.45, 2.75) is 38.3 Å². The van der Waals surface area contributed by atoms with Crippen LogP contribution in [0.5, 0.6) is 0 Å². The van der Waals surface area contributed by atoms with Crippen molar-refractivity contribution in [3.05, 3.63) is 17.0 Å². The van der Waals surface area contributed by atoms with E-state index in [1.165, 1.54) is 15.6 Å². The second-order valence-corrected chi connectivity index (χ2v) is 8.18. The minimum Gasteiger partial charge on any atom is -0.357 e. The predicted octanol–water partition coefficient (Wildman–Crippen LogP) is 1.90. The second kappa shape index (κ2) is 9.89. The standard InChI is InChI=1S/C15H28N4O2S2/c1-5-16-15(17-6-2)18-12-11-13-9-10-14(22-13)23(20,21)19(7-3)8-4/h9-10H,5-8,11-12H2,1-4H3,(H2,16,17,18). The molecule has 2 N–H and O–H groups in total. The van der Waals surface area contributed by atoms with Crippen LogP contribution in [0, 0.1) is 0 Å². The van der Waals surface area contributed by atoms with E-state index in [0.29, 0.717) is 23.8 Å². The first-order chi connectivity index (χ1) is 11.0. The van der Waals surface area contributed by atoms with Crippen molar-refractivity contribution in [2.24, 2.45) is 4.99 Å². The van der Waals surface area contributed by atoms with Crippen molar-refractivity contribution in [1.82, 2.24) is 14.9 Å². The van der Waals surface area contributed by atoms with E-state index in [1.54, 1.807) is 6.07 Å². The highest BCUT2D eigenvalue weighted by atomic mass is 32.2. The number of hydrogen-bond acceptors (Lipinski definition) is 4. The molecule has 1 aromatic rings. The van der Waals surface area contributed by atoms with Gasteiger partial charge in [0.05, 0.1) is 0 Å². The Labute approximate surface area is 144 Å². The van der Waals surface area contributed by atoms with Gasteiger partial charge in [-0.2, -0.15) is 4.31 Å². The van der Waals surface area contributed by atoms with Crippen LogP contribution in [0.1, 0.15) is 32.6 Å². The minimum atomic E-state index is -3.35. The Morgan fingerprint density at radius 1 is 1.13 bits per heavy atom. The number of guanidine groups is 1. The van der Waals surface area contributed by atoms with Gasteiger partial charge in [-0.3, -0.25) is 4.99 Å². The molecule has 0 saturated heterocycles. The number of sulfonamides is 1. The van der Waals surface area contributed by atoms with Crippen molar-refractivity contribution >= 4 is 27.3 Å². The van der Waals surface area contributed by atoms with Crippen molar-refractivity contribution in [2.75, 3.05) is 32.7 Å². The summed E-state index contributed by atoms with van der Waals surface area (Å²) < 4.78 is 26.8. The lowest BCUT2D eigenvalue weighted by Gasteiger charge is -2.16. The molecule has 0 radical (unpaired) electrons. The first-order valence-corrected chi connectivity index (χ1v) is 10.4. The Morgan fingerprint density at radius 3 is 2.26 bits per heavy atom. The van der Waals surface area contributed by atoms with Crippen LogP contribution in [0.3, 0.4) is 0 Å². The molecule has 1 aromatic heterocycles. The van der Waals surface area contributed by atoms with Crippen molar-refractivity contribution in [3.63, 3.8) is 0 Å². The van der Waals surface area contributed by atoms with Gasteiger partial charge in [-0.15, -0.1) is 11.3 Å². The summed E-state index contributed by atoms with van der Waals surface area (Å²) in [5, 5.41) is 6.34. The van der Waals surface area contributed by atoms with E-state index < -0.39 is 10.0 Å². The molecule has 0 aromatic carbocycles. The van der Waals surface area contributed by atoms with Gasteiger partial charge < -0.3 is 10.6 Å². The van der Waals surface area contributed by atoms with Gasteiger partial charge in [0.1, 0.15) is 4.21 Å². The lowest BCUT2D eigenvalue weighted by molar-refractivity contribution is 0.447. The molecule has 0 aliphatic heterocycles. The number of nitrogens with zero attached hydrogens (tertiary/aromatic N) is 2. The second-order valence-electron chi connectivity index (χ2n) is 4.85. The van der Waals surface area contributed by atoms with E-state index in [4.69, 9.17) is 0 Å². The normalized spacial score (nSPS) is 11.5. The Bertz CT molecular complexity index is 584. The number of thiophene rings is 1. The molecule has 0 amide bonds. The molecule has 23 heavy (non-hydrogen) atoms. The summed E-state index contributed by atoms with van der Waals surface area (Å²) in [6, 6.07) is 3.59. The van der Waals surface area contributed by atoms with Crippen molar-refractivity contribution in [1.29, 1.82) is 0 Å². The largest absolute Gasteiger partial charge is 0.357 e. The molecular formula is C15H28N4O2S2. The smallest absolute Gasteiger partial charge is 0.252 e. The Balaban J connectivity index is 2.72. The maximum atomic E-state index is 12.4. The summed E-state index contributed by atoms with van der Waals surface area (Å²) in [7, 11) is -3.35. The zero-order chi connectivity index (χ0) is 17.3. The van der Waals surface area contributed by atoms with E-state index in [-0.39, 0.29) is 0 Å². The fourth-order valence-electron chi connectivity index (χ4n) is 2.11. The third kappa shape index (κ3) is 5.78. The highest BCUT2D eigenvalue weighted by molar-refractivity contribution is 7.91. The molecule has 1 heterocycles. The molecule has 0 spiro atoms. The maximum absolute atomic E-state index is 12.4. The molecule has 0 fully saturated rings. The summed E-state index contributed by atoms with van der Waals surface area (Å²) in [5.74, 6) is 0.794. The van der Waals surface area contributed by atoms with Gasteiger partial charge in [0, 0.05) is 44.0 Å². The van der Waals surface area contributed by atoms with Crippen LogP contribution in [0.25, 0.3) is 0 Å². The van der Waals surface area contributed by atoms with E-state index in [0.717, 1.165) is 30.3 Å². The molecule has 0 atom stereocenters. The number of aliphatic imine (C=N–C) groups is 1. The third-order valence-corrected chi connectivity index (χ3v) is 6.92. The van der Waals surface area contributed by atoms with Gasteiger partial charge in [-0.05, 0) is 26.0 Å². The van der Waals surface area contributed by atoms with Crippen LogP contribution in [0.2, 0.25) is 0 Å². The number of rotatable bonds is 9. The van der Waals surface area contributed by atoms with Crippen molar-refractivity contribution < 1.29 is 8.42 Å². The molecule has 0 unspecified atom stereocenters. The van der Waals surface area contributed by atoms with Crippen LogP contribution in [-0.4, -0.2) is 51.4 Å². The average Bonchev–Trinajstić information content (AvgIpc) is 2.98. The topological polar surface area (TPSA) is 73.8 Å². The molecule has 0 aliphatic carbocycles. The van der Waals surface area contributed by atoms with Gasteiger partial charge >= 0.3 is 0 Å². The summed E-state index contributed by atoms with van der Waals surface area (Å²) >= 11 is 1.34. The monoisotopic (exact) mass is 360 g/mol. The molecule has 132 valence electrons. The third-order valence-electron chi connectivity index (χ3n) is 3.25. The number of nitrogens with one attached hydrogen (secondary N) is 2. The minimum absolute atomic E-state index is 0.416. The van der Waals surface area contributed by atoms with Crippen molar-refractivity contribution in [3.8, 4) is 0 Å². The highest BCUT2D eigenvalue weighted by Gasteiger charge is 2.23. The zero-order valence-electron chi connectivity index (χ0n) is 14.4. The molecule has 0 saturated carbocycles. The first-order valence-electron chi connectivity index (χ1n) is 8.10. The van der Waals surface area contributed by atoms with Gasteiger partial charge in [0.25, 0.3) is 10.0 Å². The van der Waals surface area contributed by atoms with E-state index in [2.05, 4.69) is 15.6 Å². The lowest BCUT2D eigenvalue weighted by Crippen LogP contribution is -2.37. The number of hydrogen-bond donors (Lipinski definition) is 2. The molecule has 6 nitrogen and oxygen atoms in total. The molecule has 0 bridgehead atoms. The van der Waals surface area contributed by atoms with Crippen LogP contribution in [-0.2, 0) is 16.4 Å². The van der Waals surface area contributed by atoms with E-state index in [1.807, 2.05) is 33.8 Å². The highest BCUT2D eigenvalue weighted by Crippen LogP contribution is 2.25. The Kier molecular flexibility index (Phi) is 8.57. The summed E-state index contributed by atoms with van der Waals surface area (Å²) in [4.78, 5) is 5.51. The predicted molar refractivity (Wildman–Crippen MR) is 97.8 cm³/mol. The van der Waals surface area contributed by atoms with Crippen LogP contribution < -0.4 is 10.6 Å². The SMILES string of the molecule is CCNC(=NCCc1ccc(S(=O)(=O)N(CC)CC)s1)NCC. The summed E-state index contributed by atoms with van der Waals surface area (Å²) in [6.07, 6.45) is 0.735. The van der Waals surface area contributed by atoms with Crippen LogP contribution in [0.4, 0.5) is 0 Å². The van der Waals surface area contributed by atoms with E-state index in [9.17, 15) is 8.42 Å². The molecule has 0 aliphatic rings. The fourth-order valence-corrected chi connectivity index (χ4v) is 5.07. The van der Waals surface area contributed by atoms with Gasteiger partial charge in [0.2, 0.25) is 0 Å². The Hall–Kier alpha value is -1.12. The average molecular weight is 361 g/mol. The first kappa shape index (κ1) is 19.9. The summed E-state index contributed by atoms with van der Waals surface area (Å²) in [6.45, 7) is 11.0. The van der Waals surface area contributed by atoms with Gasteiger partial charge in [-0.1, -0.05) is 13.8 Å². The fraction of sp³-hybridized carbons (Fsp3) is 0.667. The Morgan fingerprint density at radius 2 is 1.74 bits per heavy atom.